The summed E-state index contributed by atoms with van der Waals surface area (Å²) in [6.45, 7) is 1.80. The van der Waals surface area contributed by atoms with Gasteiger partial charge >= 0.3 is 0 Å². The second kappa shape index (κ2) is 9.53. The highest BCUT2D eigenvalue weighted by Crippen LogP contribution is 2.26. The van der Waals surface area contributed by atoms with Crippen LogP contribution in [0.15, 0.2) is 24.3 Å². The highest BCUT2D eigenvalue weighted by molar-refractivity contribution is 6.07. The van der Waals surface area contributed by atoms with Crippen LogP contribution in [0.3, 0.4) is 0 Å². The Kier molecular flexibility index (Phi) is 7.12. The molecule has 0 aliphatic rings. The Labute approximate surface area is 156 Å². The Morgan fingerprint density at radius 2 is 2.11 bits per heavy atom. The lowest BCUT2D eigenvalue weighted by Crippen LogP contribution is -2.17. The van der Waals surface area contributed by atoms with E-state index in [9.17, 15) is 13.6 Å². The first-order valence-corrected chi connectivity index (χ1v) is 8.52. The number of nitrogens with one attached hydrogen (secondary N) is 1. The van der Waals surface area contributed by atoms with Gasteiger partial charge in [0.2, 0.25) is 5.95 Å². The number of benzene rings is 1. The number of rotatable bonds is 8. The van der Waals surface area contributed by atoms with Crippen molar-refractivity contribution in [2.24, 2.45) is 0 Å². The topological polar surface area (TPSA) is 77.2 Å². The molecule has 1 amide bonds. The van der Waals surface area contributed by atoms with Crippen LogP contribution in [0, 0.1) is 31.0 Å². The van der Waals surface area contributed by atoms with Crippen molar-refractivity contribution in [3.8, 4) is 18.1 Å². The van der Waals surface area contributed by atoms with Gasteiger partial charge in [-0.15, -0.1) is 12.3 Å². The van der Waals surface area contributed by atoms with Gasteiger partial charge in [0.05, 0.1) is 17.9 Å². The molecule has 1 aromatic carbocycles. The van der Waals surface area contributed by atoms with Crippen molar-refractivity contribution in [2.45, 2.75) is 32.6 Å². The van der Waals surface area contributed by atoms with E-state index in [-0.39, 0.29) is 28.4 Å². The van der Waals surface area contributed by atoms with Crippen LogP contribution in [-0.2, 0) is 0 Å². The lowest BCUT2D eigenvalue weighted by atomic mass is 10.1. The molecule has 0 fully saturated rings. The maximum Gasteiger partial charge on any atom is 0.259 e. The molecule has 2 aromatic rings. The van der Waals surface area contributed by atoms with E-state index >= 15 is 0 Å². The summed E-state index contributed by atoms with van der Waals surface area (Å²) in [5.41, 5.74) is 5.65. The molecular weight excluding hydrogens is 352 g/mol. The molecule has 2 rings (SSSR count). The molecule has 0 spiro atoms. The van der Waals surface area contributed by atoms with Crippen LogP contribution in [0.4, 0.5) is 20.3 Å². The molecule has 3 N–H and O–H groups in total. The standard InChI is InChI=1S/C20H21F2N3O2/c1-3-4-5-6-7-11-27-16-10-8-9-15(17(16)21)24-20(26)14-12-13(2)18(22)25-19(14)23/h1,8-10,12H,4-7,11H2,2H3,(H2,23,25)(H,24,26). The second-order valence-corrected chi connectivity index (χ2v) is 5.96. The number of carbonyl (C=O) groups is 1. The fourth-order valence-corrected chi connectivity index (χ4v) is 2.38. The van der Waals surface area contributed by atoms with E-state index < -0.39 is 17.7 Å². The minimum absolute atomic E-state index is 0.0335. The fraction of sp³-hybridized carbons (Fsp3) is 0.300. The second-order valence-electron chi connectivity index (χ2n) is 5.96. The summed E-state index contributed by atoms with van der Waals surface area (Å²) in [5, 5.41) is 2.41. The van der Waals surface area contributed by atoms with Crippen molar-refractivity contribution in [2.75, 3.05) is 17.7 Å². The number of hydrogen-bond donors (Lipinski definition) is 2. The Morgan fingerprint density at radius 3 is 2.85 bits per heavy atom. The van der Waals surface area contributed by atoms with Crippen LogP contribution < -0.4 is 15.8 Å². The van der Waals surface area contributed by atoms with Gasteiger partial charge in [0.1, 0.15) is 5.82 Å². The lowest BCUT2D eigenvalue weighted by molar-refractivity contribution is 0.102. The van der Waals surface area contributed by atoms with Gasteiger partial charge in [-0.3, -0.25) is 4.79 Å². The third kappa shape index (κ3) is 5.42. The van der Waals surface area contributed by atoms with Crippen molar-refractivity contribution < 1.29 is 18.3 Å². The number of nitrogens with zero attached hydrogens (tertiary/aromatic N) is 1. The van der Waals surface area contributed by atoms with E-state index in [0.29, 0.717) is 13.0 Å². The van der Waals surface area contributed by atoms with E-state index in [2.05, 4.69) is 16.2 Å². The smallest absolute Gasteiger partial charge is 0.259 e. The molecule has 5 nitrogen and oxygen atoms in total. The lowest BCUT2D eigenvalue weighted by Gasteiger charge is -2.12. The molecule has 0 saturated carbocycles. The van der Waals surface area contributed by atoms with E-state index in [1.807, 2.05) is 0 Å². The van der Waals surface area contributed by atoms with Crippen LogP contribution in [0.25, 0.3) is 0 Å². The quantitative estimate of drug-likeness (QED) is 0.415. The van der Waals surface area contributed by atoms with Crippen LogP contribution in [0.5, 0.6) is 5.75 Å². The van der Waals surface area contributed by atoms with Gasteiger partial charge in [0.25, 0.3) is 5.91 Å². The zero-order valence-corrected chi connectivity index (χ0v) is 15.0. The van der Waals surface area contributed by atoms with Crippen molar-refractivity contribution in [3.63, 3.8) is 0 Å². The van der Waals surface area contributed by atoms with Gasteiger partial charge in [-0.2, -0.15) is 4.39 Å². The number of nitrogen functional groups attached to an aromatic ring is 1. The molecule has 0 radical (unpaired) electrons. The number of nitrogens with two attached hydrogens (primary N) is 1. The van der Waals surface area contributed by atoms with E-state index in [0.717, 1.165) is 19.3 Å². The zero-order chi connectivity index (χ0) is 19.8. The molecule has 27 heavy (non-hydrogen) atoms. The monoisotopic (exact) mass is 373 g/mol. The number of carbonyl (C=O) groups excluding carboxylic acids is 1. The number of pyridine rings is 1. The predicted octanol–water partition coefficient (Wildman–Crippen LogP) is 4.08. The molecule has 0 saturated heterocycles. The van der Waals surface area contributed by atoms with Crippen LogP contribution in [0.1, 0.15) is 41.6 Å². The fourth-order valence-electron chi connectivity index (χ4n) is 2.38. The third-order valence-corrected chi connectivity index (χ3v) is 3.86. The molecule has 0 bridgehead atoms. The first-order valence-electron chi connectivity index (χ1n) is 8.52. The molecule has 0 aliphatic heterocycles. The van der Waals surface area contributed by atoms with Gasteiger partial charge < -0.3 is 15.8 Å². The molecule has 7 heteroatoms. The number of ether oxygens (including phenoxy) is 1. The average Bonchev–Trinajstić information content (AvgIpc) is 2.63. The van der Waals surface area contributed by atoms with Crippen LogP contribution in [-0.4, -0.2) is 17.5 Å². The summed E-state index contributed by atoms with van der Waals surface area (Å²) in [6.07, 6.45) is 8.41. The first-order chi connectivity index (χ1) is 12.9. The number of halogens is 2. The summed E-state index contributed by atoms with van der Waals surface area (Å²) in [5.74, 6) is 0.187. The number of aryl methyl sites for hydroxylation is 1. The first kappa shape index (κ1) is 20.2. The molecule has 0 aliphatic carbocycles. The summed E-state index contributed by atoms with van der Waals surface area (Å²) < 4.78 is 33.4. The number of anilines is 2. The SMILES string of the molecule is C#CCCCCCOc1cccc(NC(=O)c2cc(C)c(F)nc2N)c1F. The van der Waals surface area contributed by atoms with Gasteiger partial charge in [-0.1, -0.05) is 6.07 Å². The highest BCUT2D eigenvalue weighted by Gasteiger charge is 2.17. The predicted molar refractivity (Wildman–Crippen MR) is 100 cm³/mol. The van der Waals surface area contributed by atoms with Gasteiger partial charge in [0, 0.05) is 12.0 Å². The molecule has 1 aromatic heterocycles. The van der Waals surface area contributed by atoms with Crippen molar-refractivity contribution in [1.29, 1.82) is 0 Å². The Hall–Kier alpha value is -3.14. The van der Waals surface area contributed by atoms with Crippen LogP contribution >= 0.6 is 0 Å². The Morgan fingerprint density at radius 1 is 1.33 bits per heavy atom. The van der Waals surface area contributed by atoms with Crippen molar-refractivity contribution >= 4 is 17.4 Å². The normalized spacial score (nSPS) is 10.3. The minimum Gasteiger partial charge on any atom is -0.490 e. The van der Waals surface area contributed by atoms with E-state index in [4.69, 9.17) is 16.9 Å². The number of unbranched alkanes of at least 4 members (excludes halogenated alkanes) is 3. The number of amides is 1. The average molecular weight is 373 g/mol. The van der Waals surface area contributed by atoms with E-state index in [1.54, 1.807) is 6.07 Å². The molecule has 1 heterocycles. The molecule has 0 unspecified atom stereocenters. The minimum atomic E-state index is -0.757. The number of aromatic nitrogens is 1. The molecular formula is C20H21F2N3O2. The summed E-state index contributed by atoms with van der Waals surface area (Å²) >= 11 is 0. The molecule has 142 valence electrons. The summed E-state index contributed by atoms with van der Waals surface area (Å²) in [4.78, 5) is 15.8. The van der Waals surface area contributed by atoms with Crippen molar-refractivity contribution in [3.05, 3.63) is 47.2 Å². The maximum absolute atomic E-state index is 14.5. The maximum atomic E-state index is 14.5. The van der Waals surface area contributed by atoms with E-state index in [1.165, 1.54) is 25.1 Å². The van der Waals surface area contributed by atoms with Gasteiger partial charge in [-0.05, 0) is 44.4 Å². The number of terminal acetylenes is 1. The van der Waals surface area contributed by atoms with Gasteiger partial charge in [-0.25, -0.2) is 9.37 Å². The number of hydrogen-bond acceptors (Lipinski definition) is 4. The Balaban J connectivity index is 2.04. The summed E-state index contributed by atoms with van der Waals surface area (Å²) in [7, 11) is 0. The highest BCUT2D eigenvalue weighted by atomic mass is 19.1. The van der Waals surface area contributed by atoms with Crippen LogP contribution in [0.2, 0.25) is 0 Å². The van der Waals surface area contributed by atoms with Gasteiger partial charge in [0.15, 0.2) is 11.6 Å². The largest absolute Gasteiger partial charge is 0.490 e. The van der Waals surface area contributed by atoms with Crippen molar-refractivity contribution in [1.82, 2.24) is 4.98 Å². The summed E-state index contributed by atoms with van der Waals surface area (Å²) in [6, 6.07) is 5.70. The Bertz CT molecular complexity index is 863. The molecule has 0 atom stereocenters. The third-order valence-electron chi connectivity index (χ3n) is 3.86. The zero-order valence-electron chi connectivity index (χ0n) is 15.0.